The summed E-state index contributed by atoms with van der Waals surface area (Å²) in [5.41, 5.74) is 2.63. The number of carbonyl (C=O) groups excluding carboxylic acids is 1. The first-order valence-corrected chi connectivity index (χ1v) is 10.6. The van der Waals surface area contributed by atoms with E-state index in [9.17, 15) is 4.79 Å². The van der Waals surface area contributed by atoms with Crippen molar-refractivity contribution in [3.8, 4) is 11.5 Å². The second-order valence-electron chi connectivity index (χ2n) is 7.00. The lowest BCUT2D eigenvalue weighted by atomic mass is 10.1. The number of hydrogen-bond acceptors (Lipinski definition) is 4. The fourth-order valence-corrected chi connectivity index (χ4v) is 3.58. The van der Waals surface area contributed by atoms with Crippen LogP contribution in [0.2, 0.25) is 10.0 Å². The number of ether oxygens (including phenoxy) is 2. The molecule has 0 spiro atoms. The molecule has 0 fully saturated rings. The molecular formula is C24H24Cl2N2O3. The molecule has 3 aromatic rings. The van der Waals surface area contributed by atoms with E-state index in [4.69, 9.17) is 32.7 Å². The van der Waals surface area contributed by atoms with Crippen LogP contribution in [0.3, 0.4) is 0 Å². The average Bonchev–Trinajstić information content (AvgIpc) is 2.79. The molecule has 0 unspecified atom stereocenters. The fraction of sp³-hybridized carbons (Fsp3) is 0.250. The number of nitrogens with zero attached hydrogens (tertiary/aromatic N) is 2. The number of amides is 1. The monoisotopic (exact) mass is 458 g/mol. The maximum absolute atomic E-state index is 13.2. The van der Waals surface area contributed by atoms with E-state index >= 15 is 0 Å². The van der Waals surface area contributed by atoms with Gasteiger partial charge >= 0.3 is 0 Å². The van der Waals surface area contributed by atoms with E-state index in [0.29, 0.717) is 36.0 Å². The van der Waals surface area contributed by atoms with Crippen molar-refractivity contribution in [1.82, 2.24) is 9.88 Å². The van der Waals surface area contributed by atoms with Gasteiger partial charge in [0.15, 0.2) is 0 Å². The van der Waals surface area contributed by atoms with Gasteiger partial charge in [0.05, 0.1) is 36.5 Å². The molecule has 2 aromatic carbocycles. The smallest absolute Gasteiger partial charge is 0.223 e. The van der Waals surface area contributed by atoms with Crippen molar-refractivity contribution >= 4 is 29.1 Å². The van der Waals surface area contributed by atoms with Gasteiger partial charge in [-0.15, -0.1) is 0 Å². The van der Waals surface area contributed by atoms with E-state index in [1.807, 2.05) is 42.5 Å². The number of pyridine rings is 1. The van der Waals surface area contributed by atoms with Crippen molar-refractivity contribution in [2.24, 2.45) is 0 Å². The van der Waals surface area contributed by atoms with E-state index in [0.717, 1.165) is 28.3 Å². The zero-order chi connectivity index (χ0) is 22.2. The number of carbonyl (C=O) groups is 1. The summed E-state index contributed by atoms with van der Waals surface area (Å²) in [6, 6.07) is 16.6. The number of rotatable bonds is 9. The maximum atomic E-state index is 13.2. The number of hydrogen-bond donors (Lipinski definition) is 0. The first-order valence-electron chi connectivity index (χ1n) is 9.82. The molecule has 1 aromatic heterocycles. The zero-order valence-corrected chi connectivity index (χ0v) is 19.0. The van der Waals surface area contributed by atoms with Crippen LogP contribution in [0.15, 0.2) is 60.8 Å². The molecule has 0 radical (unpaired) electrons. The molecular weight excluding hydrogens is 435 g/mol. The molecule has 0 N–H and O–H groups in total. The third-order valence-electron chi connectivity index (χ3n) is 4.88. The van der Waals surface area contributed by atoms with E-state index in [1.165, 1.54) is 0 Å². The molecule has 0 saturated heterocycles. The quantitative estimate of drug-likeness (QED) is 0.420. The Kier molecular flexibility index (Phi) is 8.15. The van der Waals surface area contributed by atoms with Crippen molar-refractivity contribution < 1.29 is 14.3 Å². The Morgan fingerprint density at radius 2 is 1.81 bits per heavy atom. The van der Waals surface area contributed by atoms with Crippen LogP contribution in [-0.2, 0) is 24.3 Å². The minimum absolute atomic E-state index is 0.00148. The molecule has 0 aliphatic rings. The summed E-state index contributed by atoms with van der Waals surface area (Å²) >= 11 is 12.2. The standard InChI is InChI=1S/C24H24Cl2N2O3/c1-30-20-8-10-23(31-2)18(14-20)7-11-24(29)28(16-19-5-3-4-12-27-19)15-17-6-9-21(25)22(26)13-17/h3-6,8-10,12-14H,7,11,15-16H2,1-2H3. The number of aryl methyl sites for hydroxylation is 1. The van der Waals surface area contributed by atoms with Crippen LogP contribution in [-0.4, -0.2) is 30.0 Å². The van der Waals surface area contributed by atoms with E-state index < -0.39 is 0 Å². The predicted octanol–water partition coefficient (Wildman–Crippen LogP) is 5.57. The van der Waals surface area contributed by atoms with E-state index in [2.05, 4.69) is 4.98 Å². The average molecular weight is 459 g/mol. The molecule has 31 heavy (non-hydrogen) atoms. The summed E-state index contributed by atoms with van der Waals surface area (Å²) in [5, 5.41) is 0.948. The number of halogens is 2. The largest absolute Gasteiger partial charge is 0.497 e. The summed E-state index contributed by atoms with van der Waals surface area (Å²) < 4.78 is 10.7. The van der Waals surface area contributed by atoms with Crippen LogP contribution in [0.4, 0.5) is 0 Å². The lowest BCUT2D eigenvalue weighted by molar-refractivity contribution is -0.132. The molecule has 0 aliphatic carbocycles. The minimum Gasteiger partial charge on any atom is -0.497 e. The first kappa shape index (κ1) is 22.9. The Morgan fingerprint density at radius 1 is 0.968 bits per heavy atom. The second kappa shape index (κ2) is 11.0. The van der Waals surface area contributed by atoms with Crippen LogP contribution >= 0.6 is 23.2 Å². The van der Waals surface area contributed by atoms with Crippen molar-refractivity contribution in [2.45, 2.75) is 25.9 Å². The van der Waals surface area contributed by atoms with Crippen LogP contribution < -0.4 is 9.47 Å². The van der Waals surface area contributed by atoms with Gasteiger partial charge in [0.1, 0.15) is 11.5 Å². The molecule has 0 saturated carbocycles. The van der Waals surface area contributed by atoms with Gasteiger partial charge in [-0.3, -0.25) is 9.78 Å². The topological polar surface area (TPSA) is 51.7 Å². The van der Waals surface area contributed by atoms with Gasteiger partial charge in [-0.25, -0.2) is 0 Å². The van der Waals surface area contributed by atoms with Gasteiger partial charge < -0.3 is 14.4 Å². The number of benzene rings is 2. The molecule has 1 heterocycles. The third kappa shape index (κ3) is 6.36. The summed E-state index contributed by atoms with van der Waals surface area (Å²) in [7, 11) is 3.23. The summed E-state index contributed by atoms with van der Waals surface area (Å²) in [5.74, 6) is 1.46. The SMILES string of the molecule is COc1ccc(OC)c(CCC(=O)N(Cc2ccc(Cl)c(Cl)c2)Cc2ccccn2)c1. The molecule has 0 aliphatic heterocycles. The molecule has 1 amide bonds. The molecule has 0 bridgehead atoms. The van der Waals surface area contributed by atoms with E-state index in [-0.39, 0.29) is 5.91 Å². The van der Waals surface area contributed by atoms with Crippen molar-refractivity contribution in [3.05, 3.63) is 87.7 Å². The highest BCUT2D eigenvalue weighted by atomic mass is 35.5. The highest BCUT2D eigenvalue weighted by Gasteiger charge is 2.17. The van der Waals surface area contributed by atoms with Crippen LogP contribution in [0.25, 0.3) is 0 Å². The van der Waals surface area contributed by atoms with Crippen molar-refractivity contribution in [2.75, 3.05) is 14.2 Å². The number of aromatic nitrogens is 1. The summed E-state index contributed by atoms with van der Waals surface area (Å²) in [4.78, 5) is 19.3. The van der Waals surface area contributed by atoms with Gasteiger partial charge in [0, 0.05) is 19.2 Å². The Bertz CT molecular complexity index is 1030. The number of methoxy groups -OCH3 is 2. The fourth-order valence-electron chi connectivity index (χ4n) is 3.25. The molecule has 0 atom stereocenters. The van der Waals surface area contributed by atoms with Gasteiger partial charge in [-0.2, -0.15) is 0 Å². The Morgan fingerprint density at radius 3 is 2.48 bits per heavy atom. The Labute approximate surface area is 192 Å². The van der Waals surface area contributed by atoms with Gasteiger partial charge in [-0.1, -0.05) is 35.3 Å². The van der Waals surface area contributed by atoms with Gasteiger partial charge in [0.25, 0.3) is 0 Å². The lowest BCUT2D eigenvalue weighted by Gasteiger charge is -2.23. The molecule has 7 heteroatoms. The zero-order valence-electron chi connectivity index (χ0n) is 17.5. The van der Waals surface area contributed by atoms with Crippen LogP contribution in [0.5, 0.6) is 11.5 Å². The normalized spacial score (nSPS) is 10.6. The minimum atomic E-state index is 0.00148. The van der Waals surface area contributed by atoms with E-state index in [1.54, 1.807) is 37.4 Å². The Balaban J connectivity index is 1.77. The second-order valence-corrected chi connectivity index (χ2v) is 7.81. The predicted molar refractivity (Wildman–Crippen MR) is 123 cm³/mol. The molecule has 5 nitrogen and oxygen atoms in total. The van der Waals surface area contributed by atoms with Crippen LogP contribution in [0.1, 0.15) is 23.2 Å². The summed E-state index contributed by atoms with van der Waals surface area (Å²) in [6.45, 7) is 0.802. The molecule has 3 rings (SSSR count). The van der Waals surface area contributed by atoms with Crippen molar-refractivity contribution in [1.29, 1.82) is 0 Å². The third-order valence-corrected chi connectivity index (χ3v) is 5.62. The van der Waals surface area contributed by atoms with Crippen LogP contribution in [0, 0.1) is 0 Å². The van der Waals surface area contributed by atoms with Gasteiger partial charge in [-0.05, 0) is 60.0 Å². The maximum Gasteiger partial charge on any atom is 0.223 e. The summed E-state index contributed by atoms with van der Waals surface area (Å²) in [6.07, 6.45) is 2.56. The highest BCUT2D eigenvalue weighted by Crippen LogP contribution is 2.26. The Hall–Kier alpha value is -2.76. The van der Waals surface area contributed by atoms with Crippen molar-refractivity contribution in [3.63, 3.8) is 0 Å². The van der Waals surface area contributed by atoms with Gasteiger partial charge in [0.2, 0.25) is 5.91 Å². The highest BCUT2D eigenvalue weighted by molar-refractivity contribution is 6.42. The molecule has 162 valence electrons. The lowest BCUT2D eigenvalue weighted by Crippen LogP contribution is -2.30. The first-order chi connectivity index (χ1) is 15.0.